The average molecular weight is 249 g/mol. The standard InChI is InChI=1S/C13H15NO4/c1-3-9(13(16)17)14-10-6-4-5-7-11(10)18-8(2)12(14)15/h4-9H,3H2,1-2H3,(H,16,17)/t8-,9+/m0/s1. The Labute approximate surface area is 105 Å². The number of anilines is 1. The molecule has 1 aliphatic heterocycles. The van der Waals surface area contributed by atoms with Crippen molar-refractivity contribution >= 4 is 17.6 Å². The van der Waals surface area contributed by atoms with Crippen molar-refractivity contribution in [3.05, 3.63) is 24.3 Å². The van der Waals surface area contributed by atoms with Crippen molar-refractivity contribution < 1.29 is 19.4 Å². The van der Waals surface area contributed by atoms with Crippen LogP contribution in [0.5, 0.6) is 5.75 Å². The van der Waals surface area contributed by atoms with Crippen LogP contribution in [-0.2, 0) is 9.59 Å². The molecule has 0 saturated carbocycles. The van der Waals surface area contributed by atoms with Crippen molar-refractivity contribution in [2.24, 2.45) is 0 Å². The summed E-state index contributed by atoms with van der Waals surface area (Å²) in [6.45, 7) is 3.37. The van der Waals surface area contributed by atoms with Gasteiger partial charge >= 0.3 is 5.97 Å². The first kappa shape index (κ1) is 12.4. The first-order chi connectivity index (χ1) is 8.56. The van der Waals surface area contributed by atoms with Crippen molar-refractivity contribution in [3.8, 4) is 5.75 Å². The second-order valence-electron chi connectivity index (χ2n) is 4.20. The van der Waals surface area contributed by atoms with E-state index in [-0.39, 0.29) is 5.91 Å². The van der Waals surface area contributed by atoms with Gasteiger partial charge in [0.1, 0.15) is 11.8 Å². The van der Waals surface area contributed by atoms with Crippen LogP contribution < -0.4 is 9.64 Å². The van der Waals surface area contributed by atoms with Crippen LogP contribution in [0.3, 0.4) is 0 Å². The van der Waals surface area contributed by atoms with Gasteiger partial charge in [-0.05, 0) is 25.5 Å². The molecule has 0 bridgehead atoms. The first-order valence-electron chi connectivity index (χ1n) is 5.87. The number of benzene rings is 1. The normalized spacial score (nSPS) is 20.0. The summed E-state index contributed by atoms with van der Waals surface area (Å²) in [4.78, 5) is 24.7. The predicted octanol–water partition coefficient (Wildman–Crippen LogP) is 1.66. The zero-order valence-electron chi connectivity index (χ0n) is 10.3. The fourth-order valence-corrected chi connectivity index (χ4v) is 2.10. The Hall–Kier alpha value is -2.04. The van der Waals surface area contributed by atoms with Gasteiger partial charge in [-0.15, -0.1) is 0 Å². The molecule has 5 nitrogen and oxygen atoms in total. The number of amides is 1. The minimum atomic E-state index is -1.00. The van der Waals surface area contributed by atoms with E-state index in [4.69, 9.17) is 4.74 Å². The summed E-state index contributed by atoms with van der Waals surface area (Å²) in [5.41, 5.74) is 0.523. The zero-order chi connectivity index (χ0) is 13.3. The third-order valence-corrected chi connectivity index (χ3v) is 3.00. The van der Waals surface area contributed by atoms with Crippen LogP contribution in [0, 0.1) is 0 Å². The van der Waals surface area contributed by atoms with Crippen LogP contribution >= 0.6 is 0 Å². The van der Waals surface area contributed by atoms with Gasteiger partial charge < -0.3 is 9.84 Å². The maximum Gasteiger partial charge on any atom is 0.326 e. The van der Waals surface area contributed by atoms with Crippen LogP contribution in [0.4, 0.5) is 5.69 Å². The lowest BCUT2D eigenvalue weighted by molar-refractivity contribution is -0.141. The van der Waals surface area contributed by atoms with E-state index >= 15 is 0 Å². The highest BCUT2D eigenvalue weighted by atomic mass is 16.5. The van der Waals surface area contributed by atoms with Gasteiger partial charge in [0.05, 0.1) is 5.69 Å². The molecule has 0 fully saturated rings. The monoisotopic (exact) mass is 249 g/mol. The SMILES string of the molecule is CC[C@H](C(=O)O)N1C(=O)[C@H](C)Oc2ccccc21. The van der Waals surface area contributed by atoms with Gasteiger partial charge in [0, 0.05) is 0 Å². The molecule has 1 amide bonds. The number of fused-ring (bicyclic) bond motifs is 1. The van der Waals surface area contributed by atoms with Crippen molar-refractivity contribution in [1.82, 2.24) is 0 Å². The Morgan fingerprint density at radius 2 is 2.17 bits per heavy atom. The summed E-state index contributed by atoms with van der Waals surface area (Å²) in [5, 5.41) is 9.22. The minimum absolute atomic E-state index is 0.317. The number of aliphatic carboxylic acids is 1. The molecule has 0 saturated heterocycles. The number of carboxylic acids is 1. The van der Waals surface area contributed by atoms with E-state index in [2.05, 4.69) is 0 Å². The van der Waals surface area contributed by atoms with Crippen LogP contribution in [0.1, 0.15) is 20.3 Å². The number of ether oxygens (including phenoxy) is 1. The molecular formula is C13H15NO4. The first-order valence-corrected chi connectivity index (χ1v) is 5.87. The number of para-hydroxylation sites is 2. The van der Waals surface area contributed by atoms with E-state index in [1.54, 1.807) is 38.1 Å². The van der Waals surface area contributed by atoms with Gasteiger partial charge in [-0.2, -0.15) is 0 Å². The maximum absolute atomic E-state index is 12.1. The number of hydrogen-bond donors (Lipinski definition) is 1. The van der Waals surface area contributed by atoms with E-state index in [1.807, 2.05) is 0 Å². The van der Waals surface area contributed by atoms with Gasteiger partial charge in [0.2, 0.25) is 0 Å². The number of carbonyl (C=O) groups is 2. The van der Waals surface area contributed by atoms with Crippen molar-refractivity contribution in [2.75, 3.05) is 4.90 Å². The third kappa shape index (κ3) is 1.92. The Bertz CT molecular complexity index is 486. The molecule has 0 aromatic heterocycles. The highest BCUT2D eigenvalue weighted by Gasteiger charge is 2.38. The average Bonchev–Trinajstić information content (AvgIpc) is 2.34. The number of hydrogen-bond acceptors (Lipinski definition) is 3. The van der Waals surface area contributed by atoms with Gasteiger partial charge in [0.25, 0.3) is 5.91 Å². The lowest BCUT2D eigenvalue weighted by atomic mass is 10.1. The molecule has 2 rings (SSSR count). The largest absolute Gasteiger partial charge is 0.480 e. The summed E-state index contributed by atoms with van der Waals surface area (Å²) in [6, 6.07) is 6.13. The molecule has 1 aromatic rings. The summed E-state index contributed by atoms with van der Waals surface area (Å²) in [6.07, 6.45) is -0.310. The molecule has 1 N–H and O–H groups in total. The third-order valence-electron chi connectivity index (χ3n) is 3.00. The fourth-order valence-electron chi connectivity index (χ4n) is 2.10. The van der Waals surface area contributed by atoms with E-state index in [0.717, 1.165) is 0 Å². The molecule has 0 spiro atoms. The Kier molecular flexibility index (Phi) is 3.23. The minimum Gasteiger partial charge on any atom is -0.480 e. The quantitative estimate of drug-likeness (QED) is 0.884. The number of nitrogens with zero attached hydrogens (tertiary/aromatic N) is 1. The summed E-state index contributed by atoms with van der Waals surface area (Å²) in [7, 11) is 0. The van der Waals surface area contributed by atoms with Gasteiger partial charge in [-0.25, -0.2) is 4.79 Å². The molecule has 1 aromatic carbocycles. The lowest BCUT2D eigenvalue weighted by Crippen LogP contribution is -2.52. The summed E-state index contributed by atoms with van der Waals surface area (Å²) >= 11 is 0. The van der Waals surface area contributed by atoms with Gasteiger partial charge in [0.15, 0.2) is 6.10 Å². The molecule has 5 heteroatoms. The number of rotatable bonds is 3. The molecular weight excluding hydrogens is 234 g/mol. The van der Waals surface area contributed by atoms with Crippen LogP contribution in [0.15, 0.2) is 24.3 Å². The van der Waals surface area contributed by atoms with E-state index in [9.17, 15) is 14.7 Å². The lowest BCUT2D eigenvalue weighted by Gasteiger charge is -2.36. The van der Waals surface area contributed by atoms with Crippen LogP contribution in [0.25, 0.3) is 0 Å². The van der Waals surface area contributed by atoms with Gasteiger partial charge in [-0.3, -0.25) is 9.69 Å². The maximum atomic E-state index is 12.1. The van der Waals surface area contributed by atoms with Crippen molar-refractivity contribution in [3.63, 3.8) is 0 Å². The Morgan fingerprint density at radius 3 is 2.78 bits per heavy atom. The molecule has 18 heavy (non-hydrogen) atoms. The number of carboxylic acid groups (broad SMARTS) is 1. The van der Waals surface area contributed by atoms with E-state index in [0.29, 0.717) is 17.9 Å². The van der Waals surface area contributed by atoms with Crippen LogP contribution in [0.2, 0.25) is 0 Å². The predicted molar refractivity (Wildman–Crippen MR) is 65.7 cm³/mol. The van der Waals surface area contributed by atoms with Crippen molar-refractivity contribution in [2.45, 2.75) is 32.4 Å². The van der Waals surface area contributed by atoms with Crippen LogP contribution in [-0.4, -0.2) is 29.1 Å². The highest BCUT2D eigenvalue weighted by molar-refractivity contribution is 6.04. The zero-order valence-corrected chi connectivity index (χ0v) is 10.3. The molecule has 0 radical (unpaired) electrons. The molecule has 0 aliphatic carbocycles. The molecule has 1 aliphatic rings. The molecule has 2 atom stereocenters. The second kappa shape index (κ2) is 4.68. The topological polar surface area (TPSA) is 66.8 Å². The van der Waals surface area contributed by atoms with E-state index < -0.39 is 18.1 Å². The Balaban J connectivity index is 2.50. The second-order valence-corrected chi connectivity index (χ2v) is 4.20. The smallest absolute Gasteiger partial charge is 0.326 e. The fraction of sp³-hybridized carbons (Fsp3) is 0.385. The van der Waals surface area contributed by atoms with Crippen molar-refractivity contribution in [1.29, 1.82) is 0 Å². The van der Waals surface area contributed by atoms with Gasteiger partial charge in [-0.1, -0.05) is 19.1 Å². The van der Waals surface area contributed by atoms with E-state index in [1.165, 1.54) is 4.90 Å². The molecule has 1 heterocycles. The highest BCUT2D eigenvalue weighted by Crippen LogP contribution is 2.35. The summed E-state index contributed by atoms with van der Waals surface area (Å²) < 4.78 is 5.46. The summed E-state index contributed by atoms with van der Waals surface area (Å²) in [5.74, 6) is -0.776. The molecule has 96 valence electrons. The number of carbonyl (C=O) groups excluding carboxylic acids is 1. The Morgan fingerprint density at radius 1 is 1.50 bits per heavy atom. The molecule has 0 unspecified atom stereocenters.